The van der Waals surface area contributed by atoms with E-state index in [9.17, 15) is 4.39 Å². The van der Waals surface area contributed by atoms with Crippen LogP contribution in [0.5, 0.6) is 0 Å². The summed E-state index contributed by atoms with van der Waals surface area (Å²) in [4.78, 5) is 0. The molecule has 0 spiro atoms. The lowest BCUT2D eigenvalue weighted by atomic mass is 9.63. The van der Waals surface area contributed by atoms with Crippen molar-refractivity contribution in [2.45, 2.75) is 52.0 Å². The van der Waals surface area contributed by atoms with Gasteiger partial charge in [0, 0.05) is 10.0 Å². The van der Waals surface area contributed by atoms with E-state index in [0.29, 0.717) is 24.2 Å². The topological polar surface area (TPSA) is 26.0 Å². The summed E-state index contributed by atoms with van der Waals surface area (Å²) in [6.45, 7) is 6.73. The molecule has 3 unspecified atom stereocenters. The summed E-state index contributed by atoms with van der Waals surface area (Å²) < 4.78 is 15.0. The minimum Gasteiger partial charge on any atom is -0.325 e. The van der Waals surface area contributed by atoms with Gasteiger partial charge in [0.2, 0.25) is 0 Å². The van der Waals surface area contributed by atoms with Gasteiger partial charge in [-0.2, -0.15) is 0 Å². The van der Waals surface area contributed by atoms with Crippen LogP contribution in [-0.4, -0.2) is 5.54 Å². The first kappa shape index (κ1) is 16.0. The largest absolute Gasteiger partial charge is 0.325 e. The molecule has 1 fully saturated rings. The fraction of sp³-hybridized carbons (Fsp3) is 0.647. The van der Waals surface area contributed by atoms with Crippen LogP contribution in [0.1, 0.15) is 45.6 Å². The fourth-order valence-corrected chi connectivity index (χ4v) is 4.30. The van der Waals surface area contributed by atoms with Crippen molar-refractivity contribution < 1.29 is 4.39 Å². The highest BCUT2D eigenvalue weighted by Gasteiger charge is 2.41. The molecule has 0 saturated heterocycles. The first-order valence-electron chi connectivity index (χ1n) is 7.54. The van der Waals surface area contributed by atoms with Gasteiger partial charge in [0.1, 0.15) is 5.82 Å². The average Bonchev–Trinajstić information content (AvgIpc) is 2.32. The molecular formula is C17H25BrFN. The quantitative estimate of drug-likeness (QED) is 0.829. The summed E-state index contributed by atoms with van der Waals surface area (Å²) in [5, 5.41) is 0. The van der Waals surface area contributed by atoms with Gasteiger partial charge in [0.15, 0.2) is 0 Å². The molecule has 1 nitrogen and oxygen atoms in total. The van der Waals surface area contributed by atoms with Crippen molar-refractivity contribution in [1.29, 1.82) is 0 Å². The smallest absolute Gasteiger partial charge is 0.126 e. The Labute approximate surface area is 130 Å². The molecule has 0 bridgehead atoms. The molecule has 1 aliphatic carbocycles. The summed E-state index contributed by atoms with van der Waals surface area (Å²) >= 11 is 3.43. The predicted molar refractivity (Wildman–Crippen MR) is 86.1 cm³/mol. The number of nitrogens with two attached hydrogens (primary N) is 1. The van der Waals surface area contributed by atoms with Crippen molar-refractivity contribution in [3.8, 4) is 0 Å². The van der Waals surface area contributed by atoms with Gasteiger partial charge in [-0.1, -0.05) is 43.1 Å². The van der Waals surface area contributed by atoms with Gasteiger partial charge >= 0.3 is 0 Å². The first-order valence-corrected chi connectivity index (χ1v) is 8.34. The average molecular weight is 342 g/mol. The van der Waals surface area contributed by atoms with Gasteiger partial charge in [-0.3, -0.25) is 0 Å². The molecule has 0 radical (unpaired) electrons. The van der Waals surface area contributed by atoms with E-state index in [4.69, 9.17) is 5.73 Å². The van der Waals surface area contributed by atoms with Gasteiger partial charge in [-0.05, 0) is 60.8 Å². The van der Waals surface area contributed by atoms with Gasteiger partial charge in [0.05, 0.1) is 0 Å². The SMILES string of the molecule is CC1CCC(C(C)C)C(N)(Cc2cc(Br)ccc2F)C1. The number of benzene rings is 1. The highest BCUT2D eigenvalue weighted by molar-refractivity contribution is 9.10. The zero-order chi connectivity index (χ0) is 14.9. The minimum absolute atomic E-state index is 0.140. The van der Waals surface area contributed by atoms with Crippen molar-refractivity contribution in [3.63, 3.8) is 0 Å². The van der Waals surface area contributed by atoms with Crippen LogP contribution in [0.4, 0.5) is 4.39 Å². The fourth-order valence-electron chi connectivity index (χ4n) is 3.89. The second-order valence-electron chi connectivity index (χ2n) is 6.88. The van der Waals surface area contributed by atoms with Crippen molar-refractivity contribution >= 4 is 15.9 Å². The molecule has 3 atom stereocenters. The Morgan fingerprint density at radius 3 is 2.75 bits per heavy atom. The maximum atomic E-state index is 14.0. The van der Waals surface area contributed by atoms with Gasteiger partial charge < -0.3 is 5.73 Å². The second-order valence-corrected chi connectivity index (χ2v) is 7.80. The van der Waals surface area contributed by atoms with Crippen molar-refractivity contribution in [2.24, 2.45) is 23.5 Å². The van der Waals surface area contributed by atoms with Crippen LogP contribution in [0.25, 0.3) is 0 Å². The summed E-state index contributed by atoms with van der Waals surface area (Å²) in [7, 11) is 0. The molecule has 1 aromatic carbocycles. The van der Waals surface area contributed by atoms with E-state index in [-0.39, 0.29) is 11.4 Å². The first-order chi connectivity index (χ1) is 9.32. The van der Waals surface area contributed by atoms with E-state index >= 15 is 0 Å². The van der Waals surface area contributed by atoms with Crippen LogP contribution in [0, 0.1) is 23.6 Å². The molecule has 0 aliphatic heterocycles. The molecule has 1 saturated carbocycles. The van der Waals surface area contributed by atoms with Crippen molar-refractivity contribution in [1.82, 2.24) is 0 Å². The molecule has 0 heterocycles. The second kappa shape index (κ2) is 6.15. The lowest BCUT2D eigenvalue weighted by Gasteiger charge is -2.46. The molecular weight excluding hydrogens is 317 g/mol. The highest BCUT2D eigenvalue weighted by Crippen LogP contribution is 2.41. The summed E-state index contributed by atoms with van der Waals surface area (Å²) in [5.74, 6) is 1.50. The summed E-state index contributed by atoms with van der Waals surface area (Å²) in [6, 6.07) is 5.14. The number of hydrogen-bond acceptors (Lipinski definition) is 1. The molecule has 1 aliphatic rings. The van der Waals surface area contributed by atoms with Gasteiger partial charge in [0.25, 0.3) is 0 Å². The van der Waals surface area contributed by atoms with E-state index < -0.39 is 0 Å². The van der Waals surface area contributed by atoms with Crippen molar-refractivity contribution in [2.75, 3.05) is 0 Å². The number of rotatable bonds is 3. The standard InChI is InChI=1S/C17H25BrFN/c1-11(2)15-6-4-12(3)9-17(15,20)10-13-8-14(18)5-7-16(13)19/h5,7-8,11-12,15H,4,6,9-10,20H2,1-3H3. The number of halogens is 2. The lowest BCUT2D eigenvalue weighted by Crippen LogP contribution is -2.54. The van der Waals surface area contributed by atoms with Gasteiger partial charge in [-0.15, -0.1) is 0 Å². The molecule has 0 amide bonds. The van der Waals surface area contributed by atoms with E-state index in [0.717, 1.165) is 22.9 Å². The van der Waals surface area contributed by atoms with E-state index in [1.54, 1.807) is 6.07 Å². The monoisotopic (exact) mass is 341 g/mol. The Kier molecular flexibility index (Phi) is 4.91. The Morgan fingerprint density at radius 2 is 2.10 bits per heavy atom. The Balaban J connectivity index is 2.28. The zero-order valence-electron chi connectivity index (χ0n) is 12.6. The molecule has 112 valence electrons. The van der Waals surface area contributed by atoms with Crippen LogP contribution in [0.15, 0.2) is 22.7 Å². The molecule has 1 aromatic rings. The Hall–Kier alpha value is -0.410. The normalized spacial score (nSPS) is 30.8. The Bertz CT molecular complexity index is 474. The van der Waals surface area contributed by atoms with E-state index in [2.05, 4.69) is 36.7 Å². The summed E-state index contributed by atoms with van der Waals surface area (Å²) in [5.41, 5.74) is 7.22. The van der Waals surface area contributed by atoms with E-state index in [1.165, 1.54) is 12.5 Å². The van der Waals surface area contributed by atoms with Gasteiger partial charge in [-0.25, -0.2) is 4.39 Å². The lowest BCUT2D eigenvalue weighted by molar-refractivity contribution is 0.108. The number of hydrogen-bond donors (Lipinski definition) is 1. The maximum absolute atomic E-state index is 14.0. The molecule has 20 heavy (non-hydrogen) atoms. The molecule has 3 heteroatoms. The Morgan fingerprint density at radius 1 is 1.40 bits per heavy atom. The summed E-state index contributed by atoms with van der Waals surface area (Å²) in [6.07, 6.45) is 4.01. The van der Waals surface area contributed by atoms with E-state index in [1.807, 2.05) is 6.07 Å². The predicted octanol–water partition coefficient (Wildman–Crippen LogP) is 4.92. The zero-order valence-corrected chi connectivity index (χ0v) is 14.2. The van der Waals surface area contributed by atoms with Crippen LogP contribution >= 0.6 is 15.9 Å². The minimum atomic E-state index is -0.284. The third-order valence-electron chi connectivity index (χ3n) is 4.77. The molecule has 2 rings (SSSR count). The molecule has 2 N–H and O–H groups in total. The third-order valence-corrected chi connectivity index (χ3v) is 5.26. The van der Waals surface area contributed by atoms with Crippen molar-refractivity contribution in [3.05, 3.63) is 34.1 Å². The molecule has 0 aromatic heterocycles. The third kappa shape index (κ3) is 3.43. The van der Waals surface area contributed by atoms with Crippen LogP contribution < -0.4 is 5.73 Å². The van der Waals surface area contributed by atoms with Crippen LogP contribution in [0.3, 0.4) is 0 Å². The van der Waals surface area contributed by atoms with Crippen LogP contribution in [-0.2, 0) is 6.42 Å². The maximum Gasteiger partial charge on any atom is 0.126 e. The highest BCUT2D eigenvalue weighted by atomic mass is 79.9. The van der Waals surface area contributed by atoms with Crippen LogP contribution in [0.2, 0.25) is 0 Å².